The van der Waals surface area contributed by atoms with Crippen LogP contribution in [0, 0.1) is 123 Å². The van der Waals surface area contributed by atoms with E-state index in [2.05, 4.69) is 38.1 Å². The van der Waals surface area contributed by atoms with Crippen LogP contribution in [0.2, 0.25) is 0 Å². The Morgan fingerprint density at radius 1 is 0.259 bits per heavy atom. The van der Waals surface area contributed by atoms with Crippen LogP contribution < -0.4 is 0 Å². The standard InChI is InChI=1S/3C8H8F2.C8H9F.C8H10.C7H7F.3CH4/c2*1-5-3-7(9)6(2)8(10)4-5;1-5-3-4-6(2)8(10)7(5)9;1-6-3-4-7(2)8(9)5-6;1-7-3-5-8(2)6-4-7;1-6-4-2-3-5-7(6)8;;;/h3*3-4H,1-2H3;3-5H,1-2H3;3-6H,1-2H3;2-5H,1H3;3*1H4. The second-order valence-corrected chi connectivity index (χ2v) is 13.2. The second-order valence-electron chi connectivity index (χ2n) is 13.2. The molecule has 0 atom stereocenters. The molecule has 0 aromatic heterocycles. The quantitative estimate of drug-likeness (QED) is 0.134. The first-order valence-electron chi connectivity index (χ1n) is 17.4. The van der Waals surface area contributed by atoms with Gasteiger partial charge in [0.25, 0.3) is 0 Å². The molecule has 0 fully saturated rings. The maximum absolute atomic E-state index is 12.6. The van der Waals surface area contributed by atoms with E-state index in [1.54, 1.807) is 58.0 Å². The Morgan fingerprint density at radius 3 is 0.810 bits per heavy atom. The highest BCUT2D eigenvalue weighted by atomic mass is 19.2. The second kappa shape index (κ2) is 28.2. The van der Waals surface area contributed by atoms with E-state index < -0.39 is 34.9 Å². The van der Waals surface area contributed by atoms with Gasteiger partial charge in [0.2, 0.25) is 0 Å². The lowest BCUT2D eigenvalue weighted by atomic mass is 10.1. The van der Waals surface area contributed by atoms with Gasteiger partial charge in [-0.2, -0.15) is 0 Å². The highest BCUT2D eigenvalue weighted by Gasteiger charge is 2.06. The van der Waals surface area contributed by atoms with E-state index in [-0.39, 0.29) is 45.0 Å². The lowest BCUT2D eigenvalue weighted by Crippen LogP contribution is -1.91. The smallest absolute Gasteiger partial charge is 0.161 e. The summed E-state index contributed by atoms with van der Waals surface area (Å²) in [5.74, 6) is -3.62. The number of rotatable bonds is 0. The summed E-state index contributed by atoms with van der Waals surface area (Å²) >= 11 is 0. The van der Waals surface area contributed by atoms with Crippen LogP contribution in [0.25, 0.3) is 0 Å². The third kappa shape index (κ3) is 20.8. The molecule has 0 saturated heterocycles. The molecule has 0 heterocycles. The molecule has 0 amide bonds. The van der Waals surface area contributed by atoms with Crippen molar-refractivity contribution < 1.29 is 35.1 Å². The van der Waals surface area contributed by atoms with Crippen molar-refractivity contribution in [2.24, 2.45) is 0 Å². The molecule has 0 aliphatic rings. The van der Waals surface area contributed by atoms with Gasteiger partial charge in [0, 0.05) is 11.1 Å². The van der Waals surface area contributed by atoms with Crippen molar-refractivity contribution in [1.82, 2.24) is 0 Å². The van der Waals surface area contributed by atoms with E-state index in [0.717, 1.165) is 5.56 Å². The lowest BCUT2D eigenvalue weighted by molar-refractivity contribution is 0.497. The SMILES string of the molecule is C.C.C.Cc1cc(F)c(C)c(F)c1.Cc1cc(F)c(C)c(F)c1.Cc1ccc(C)c(F)c1.Cc1ccc(C)c(F)c1F.Cc1ccc(C)cc1.Cc1ccccc1F. The summed E-state index contributed by atoms with van der Waals surface area (Å²) in [5, 5.41) is 0. The first kappa shape index (κ1) is 57.1. The van der Waals surface area contributed by atoms with Crippen molar-refractivity contribution in [2.75, 3.05) is 0 Å². The molecule has 0 aliphatic heterocycles. The topological polar surface area (TPSA) is 0 Å². The number of hydrogen-bond acceptors (Lipinski definition) is 0. The molecule has 0 N–H and O–H groups in total. The molecule has 6 rings (SSSR count). The summed E-state index contributed by atoms with van der Waals surface area (Å²) in [7, 11) is 0. The summed E-state index contributed by atoms with van der Waals surface area (Å²) in [5.41, 5.74) is 7.14. The highest BCUT2D eigenvalue weighted by molar-refractivity contribution is 5.26. The summed E-state index contributed by atoms with van der Waals surface area (Å²) in [6.07, 6.45) is 0. The minimum absolute atomic E-state index is 0. The minimum atomic E-state index is -0.736. The Hall–Kier alpha value is -5.24. The maximum atomic E-state index is 12.6. The summed E-state index contributed by atoms with van der Waals surface area (Å²) < 4.78 is 101. The van der Waals surface area contributed by atoms with E-state index in [0.29, 0.717) is 33.4 Å². The van der Waals surface area contributed by atoms with Gasteiger partial charge in [0.1, 0.15) is 34.9 Å². The molecule has 0 unspecified atom stereocenters. The molecule has 0 saturated carbocycles. The van der Waals surface area contributed by atoms with E-state index in [1.165, 1.54) is 75.2 Å². The van der Waals surface area contributed by atoms with Crippen molar-refractivity contribution in [2.45, 2.75) is 98.4 Å². The zero-order valence-electron chi connectivity index (χ0n) is 33.3. The Kier molecular flexibility index (Phi) is 27.8. The highest BCUT2D eigenvalue weighted by Crippen LogP contribution is 2.15. The average molecular weight is 815 g/mol. The maximum Gasteiger partial charge on any atom is 0.161 e. The third-order valence-corrected chi connectivity index (χ3v) is 7.94. The fourth-order valence-electron chi connectivity index (χ4n) is 4.17. The molecule has 0 spiro atoms. The number of hydrogen-bond donors (Lipinski definition) is 0. The molecule has 6 aromatic carbocycles. The van der Waals surface area contributed by atoms with Crippen molar-refractivity contribution in [3.05, 3.63) is 211 Å². The monoisotopic (exact) mass is 814 g/mol. The van der Waals surface area contributed by atoms with Gasteiger partial charge in [-0.25, -0.2) is 35.1 Å². The van der Waals surface area contributed by atoms with Gasteiger partial charge >= 0.3 is 0 Å². The van der Waals surface area contributed by atoms with Gasteiger partial charge in [0.05, 0.1) is 0 Å². The van der Waals surface area contributed by atoms with Gasteiger partial charge in [-0.05, 0) is 152 Å². The van der Waals surface area contributed by atoms with Crippen LogP contribution in [0.5, 0.6) is 0 Å². The van der Waals surface area contributed by atoms with E-state index in [4.69, 9.17) is 0 Å². The van der Waals surface area contributed by atoms with Crippen molar-refractivity contribution in [1.29, 1.82) is 0 Å². The minimum Gasteiger partial charge on any atom is -0.207 e. The van der Waals surface area contributed by atoms with Crippen LogP contribution in [-0.2, 0) is 0 Å². The molecule has 58 heavy (non-hydrogen) atoms. The van der Waals surface area contributed by atoms with Crippen LogP contribution in [0.15, 0.2) is 103 Å². The van der Waals surface area contributed by atoms with Crippen LogP contribution in [-0.4, -0.2) is 0 Å². The Morgan fingerprint density at radius 2 is 0.534 bits per heavy atom. The number of aryl methyl sites for hydroxylation is 9. The molecule has 0 aliphatic carbocycles. The van der Waals surface area contributed by atoms with Gasteiger partial charge in [-0.1, -0.05) is 100 Å². The average Bonchev–Trinajstić information content (AvgIpc) is 3.12. The van der Waals surface area contributed by atoms with Crippen LogP contribution in [0.3, 0.4) is 0 Å². The third-order valence-electron chi connectivity index (χ3n) is 7.94. The zero-order valence-corrected chi connectivity index (χ0v) is 33.3. The normalized spacial score (nSPS) is 9.22. The zero-order chi connectivity index (χ0) is 42.0. The Balaban J connectivity index is -0.000000621. The predicted molar refractivity (Wildman–Crippen MR) is 231 cm³/mol. The molecular weight excluding hydrogens is 753 g/mol. The van der Waals surface area contributed by atoms with Gasteiger partial charge in [-0.3, -0.25) is 0 Å². The van der Waals surface area contributed by atoms with Crippen LogP contribution >= 0.6 is 0 Å². The summed E-state index contributed by atoms with van der Waals surface area (Å²) in [6, 6.07) is 28.8. The first-order chi connectivity index (χ1) is 25.6. The number of benzene rings is 6. The van der Waals surface area contributed by atoms with Crippen molar-refractivity contribution >= 4 is 0 Å². The molecule has 0 bridgehead atoms. The molecule has 318 valence electrons. The number of halogens is 8. The molecule has 8 heteroatoms. The fraction of sp³-hybridized carbons (Fsp3) is 0.280. The Labute approximate surface area is 343 Å². The molecule has 0 nitrogen and oxygen atoms in total. The molecule has 0 radical (unpaired) electrons. The van der Waals surface area contributed by atoms with Gasteiger partial charge in [-0.15, -0.1) is 0 Å². The first-order valence-corrected chi connectivity index (χ1v) is 17.4. The van der Waals surface area contributed by atoms with Crippen molar-refractivity contribution in [3.8, 4) is 0 Å². The van der Waals surface area contributed by atoms with E-state index >= 15 is 0 Å². The van der Waals surface area contributed by atoms with Crippen LogP contribution in [0.4, 0.5) is 35.1 Å². The summed E-state index contributed by atoms with van der Waals surface area (Å²) in [4.78, 5) is 0. The largest absolute Gasteiger partial charge is 0.207 e. The Bertz CT molecular complexity index is 1930. The fourth-order valence-corrected chi connectivity index (χ4v) is 4.17. The van der Waals surface area contributed by atoms with E-state index in [1.807, 2.05) is 19.1 Å². The van der Waals surface area contributed by atoms with Crippen molar-refractivity contribution in [3.63, 3.8) is 0 Å². The predicted octanol–water partition coefficient (Wildman–Crippen LogP) is 16.5. The lowest BCUT2D eigenvalue weighted by Gasteiger charge is -1.99. The van der Waals surface area contributed by atoms with Gasteiger partial charge < -0.3 is 0 Å². The summed E-state index contributed by atoms with van der Waals surface area (Å²) in [6.45, 7) is 18.8. The van der Waals surface area contributed by atoms with Gasteiger partial charge in [0.15, 0.2) is 11.6 Å². The van der Waals surface area contributed by atoms with Crippen LogP contribution in [0.1, 0.15) is 83.5 Å². The van der Waals surface area contributed by atoms with E-state index in [9.17, 15) is 35.1 Å². The molecular formula is C50H62F8. The molecule has 6 aromatic rings.